The molecule has 0 atom stereocenters. The van der Waals surface area contributed by atoms with Crippen LogP contribution in [-0.4, -0.2) is 0 Å². The van der Waals surface area contributed by atoms with E-state index < -0.39 is 0 Å². The van der Waals surface area contributed by atoms with Crippen LogP contribution in [0.15, 0.2) is 83.6 Å². The lowest BCUT2D eigenvalue weighted by atomic mass is 10.0. The number of rotatable bonds is 3. The Kier molecular flexibility index (Phi) is 4.20. The summed E-state index contributed by atoms with van der Waals surface area (Å²) in [5.74, 6) is 0. The van der Waals surface area contributed by atoms with E-state index in [4.69, 9.17) is 0 Å². The fourth-order valence-electron chi connectivity index (χ4n) is 4.19. The molecule has 0 unspecified atom stereocenters. The normalized spacial score (nSPS) is 11.9. The Morgan fingerprint density at radius 2 is 1.29 bits per heavy atom. The Bertz CT molecular complexity index is 1670. The second-order valence-corrected chi connectivity index (χ2v) is 12.5. The van der Waals surface area contributed by atoms with E-state index >= 15 is 0 Å². The van der Waals surface area contributed by atoms with Crippen molar-refractivity contribution in [2.24, 2.45) is 0 Å². The van der Waals surface area contributed by atoms with Crippen LogP contribution in [-0.2, 0) is 0 Å². The summed E-state index contributed by atoms with van der Waals surface area (Å²) >= 11 is 9.40. The van der Waals surface area contributed by atoms with Crippen molar-refractivity contribution >= 4 is 86.9 Å². The van der Waals surface area contributed by atoms with E-state index in [0.29, 0.717) is 0 Å². The van der Waals surface area contributed by atoms with Crippen LogP contribution in [0.4, 0.5) is 0 Å². The van der Waals surface area contributed by atoms with Gasteiger partial charge in [0.2, 0.25) is 0 Å². The van der Waals surface area contributed by atoms with Crippen LogP contribution in [0.25, 0.3) is 60.2 Å². The van der Waals surface area contributed by atoms with Crippen LogP contribution in [0.3, 0.4) is 0 Å². The molecule has 0 spiro atoms. The first-order chi connectivity index (χ1) is 15.3. The maximum Gasteiger partial charge on any atom is 0.0455 e. The van der Waals surface area contributed by atoms with Crippen LogP contribution < -0.4 is 0 Å². The minimum atomic E-state index is 1.35. The molecule has 5 aromatic heterocycles. The molecule has 0 saturated heterocycles. The fourth-order valence-corrected chi connectivity index (χ4v) is 9.34. The summed E-state index contributed by atoms with van der Waals surface area (Å²) in [7, 11) is 0. The molecule has 0 aliphatic rings. The smallest absolute Gasteiger partial charge is 0.0455 e. The standard InChI is InChI=1S/C26H14S5/c1-2-6-17-16(5-1)24-23(29-17)14-15-13-22(19-8-4-12-28-19)31-26(15)25(24)21-10-9-20(30-21)18-7-3-11-27-18/h1-14H. The largest absolute Gasteiger partial charge is 0.143 e. The molecule has 0 aliphatic heterocycles. The van der Waals surface area contributed by atoms with Gasteiger partial charge in [-0.2, -0.15) is 0 Å². The molecule has 2 aromatic carbocycles. The van der Waals surface area contributed by atoms with Gasteiger partial charge in [-0.15, -0.1) is 56.7 Å². The molecule has 148 valence electrons. The van der Waals surface area contributed by atoms with Gasteiger partial charge >= 0.3 is 0 Å². The van der Waals surface area contributed by atoms with Crippen molar-refractivity contribution in [3.05, 3.63) is 83.6 Å². The summed E-state index contributed by atoms with van der Waals surface area (Å²) in [6.07, 6.45) is 0. The minimum Gasteiger partial charge on any atom is -0.143 e. The number of benzene rings is 2. The van der Waals surface area contributed by atoms with E-state index in [2.05, 4.69) is 83.6 Å². The molecule has 0 amide bonds. The van der Waals surface area contributed by atoms with Gasteiger partial charge in [0.05, 0.1) is 0 Å². The summed E-state index contributed by atoms with van der Waals surface area (Å²) in [5, 5.41) is 8.46. The first kappa shape index (κ1) is 18.3. The highest BCUT2D eigenvalue weighted by Gasteiger charge is 2.19. The zero-order valence-corrected chi connectivity index (χ0v) is 20.2. The lowest BCUT2D eigenvalue weighted by molar-refractivity contribution is 1.86. The second kappa shape index (κ2) is 7.12. The molecule has 0 saturated carbocycles. The van der Waals surface area contributed by atoms with Crippen molar-refractivity contribution < 1.29 is 0 Å². The third-order valence-electron chi connectivity index (χ3n) is 5.53. The molecular formula is C26H14S5. The van der Waals surface area contributed by atoms with Gasteiger partial charge in [-0.25, -0.2) is 0 Å². The van der Waals surface area contributed by atoms with Crippen molar-refractivity contribution in [2.75, 3.05) is 0 Å². The van der Waals surface area contributed by atoms with Gasteiger partial charge in [0.1, 0.15) is 0 Å². The van der Waals surface area contributed by atoms with Gasteiger partial charge in [-0.05, 0) is 58.6 Å². The van der Waals surface area contributed by atoms with E-state index in [9.17, 15) is 0 Å². The number of hydrogen-bond donors (Lipinski definition) is 0. The highest BCUT2D eigenvalue weighted by molar-refractivity contribution is 7.28. The summed E-state index contributed by atoms with van der Waals surface area (Å²) in [6.45, 7) is 0. The molecule has 5 heterocycles. The predicted octanol–water partition coefficient (Wildman–Crippen LogP) is 10.5. The average molecular weight is 487 g/mol. The van der Waals surface area contributed by atoms with Gasteiger partial charge in [-0.1, -0.05) is 30.3 Å². The van der Waals surface area contributed by atoms with E-state index in [1.54, 1.807) is 0 Å². The molecule has 0 bridgehead atoms. The van der Waals surface area contributed by atoms with E-state index in [1.165, 1.54) is 60.2 Å². The van der Waals surface area contributed by atoms with Crippen molar-refractivity contribution in [3.8, 4) is 29.9 Å². The average Bonchev–Trinajstić information content (AvgIpc) is 3.59. The van der Waals surface area contributed by atoms with Crippen LogP contribution in [0.5, 0.6) is 0 Å². The maximum atomic E-state index is 2.40. The number of fused-ring (bicyclic) bond motifs is 4. The van der Waals surface area contributed by atoms with Crippen molar-refractivity contribution in [1.82, 2.24) is 0 Å². The Balaban J connectivity index is 1.58. The summed E-state index contributed by atoms with van der Waals surface area (Å²) < 4.78 is 4.15. The molecule has 0 radical (unpaired) electrons. The second-order valence-electron chi connectivity index (χ2n) is 7.37. The Morgan fingerprint density at radius 1 is 0.516 bits per heavy atom. The number of hydrogen-bond acceptors (Lipinski definition) is 5. The monoisotopic (exact) mass is 486 g/mol. The Labute approximate surface area is 199 Å². The van der Waals surface area contributed by atoms with Gasteiger partial charge in [0.15, 0.2) is 0 Å². The van der Waals surface area contributed by atoms with E-state index in [0.717, 1.165) is 0 Å². The first-order valence-corrected chi connectivity index (χ1v) is 14.1. The topological polar surface area (TPSA) is 0 Å². The Morgan fingerprint density at radius 3 is 2.10 bits per heavy atom. The molecule has 0 N–H and O–H groups in total. The first-order valence-electron chi connectivity index (χ1n) is 9.91. The summed E-state index contributed by atoms with van der Waals surface area (Å²) in [5.41, 5.74) is 1.41. The highest BCUT2D eigenvalue weighted by Crippen LogP contribution is 2.50. The van der Waals surface area contributed by atoms with Crippen molar-refractivity contribution in [1.29, 1.82) is 0 Å². The molecule has 0 nitrogen and oxygen atoms in total. The third kappa shape index (κ3) is 2.89. The Hall–Kier alpha value is -2.28. The van der Waals surface area contributed by atoms with Crippen LogP contribution in [0.1, 0.15) is 0 Å². The van der Waals surface area contributed by atoms with Crippen molar-refractivity contribution in [3.63, 3.8) is 0 Å². The highest BCUT2D eigenvalue weighted by atomic mass is 32.1. The summed E-state index contributed by atoms with van der Waals surface area (Å²) in [6, 6.07) is 27.0. The van der Waals surface area contributed by atoms with Gasteiger partial charge in [0.25, 0.3) is 0 Å². The zero-order valence-electron chi connectivity index (χ0n) is 16.1. The minimum absolute atomic E-state index is 1.35. The molecule has 0 fully saturated rings. The quantitative estimate of drug-likeness (QED) is 0.233. The molecule has 7 aromatic rings. The lowest BCUT2D eigenvalue weighted by Gasteiger charge is -2.05. The lowest BCUT2D eigenvalue weighted by Crippen LogP contribution is -1.76. The van der Waals surface area contributed by atoms with Crippen LogP contribution in [0.2, 0.25) is 0 Å². The zero-order chi connectivity index (χ0) is 20.4. The molecular weight excluding hydrogens is 473 g/mol. The molecule has 5 heteroatoms. The van der Waals surface area contributed by atoms with Crippen LogP contribution in [0, 0.1) is 0 Å². The summed E-state index contributed by atoms with van der Waals surface area (Å²) in [4.78, 5) is 6.78. The SMILES string of the molecule is c1csc(-c2ccc(-c3c4sc(-c5cccs5)cc4cc4sc5ccccc5c34)s2)c1. The maximum absolute atomic E-state index is 2.40. The molecule has 0 aliphatic carbocycles. The number of thiophene rings is 5. The predicted molar refractivity (Wildman–Crippen MR) is 145 cm³/mol. The van der Waals surface area contributed by atoms with E-state index in [-0.39, 0.29) is 0 Å². The van der Waals surface area contributed by atoms with Gasteiger partial charge < -0.3 is 0 Å². The molecule has 31 heavy (non-hydrogen) atoms. The fraction of sp³-hybridized carbons (Fsp3) is 0. The van der Waals surface area contributed by atoms with Gasteiger partial charge in [0, 0.05) is 54.8 Å². The van der Waals surface area contributed by atoms with Crippen LogP contribution >= 0.6 is 56.7 Å². The van der Waals surface area contributed by atoms with Crippen molar-refractivity contribution in [2.45, 2.75) is 0 Å². The van der Waals surface area contributed by atoms with E-state index in [1.807, 2.05) is 56.7 Å². The third-order valence-corrected chi connectivity index (χ3v) is 11.0. The molecule has 7 rings (SSSR count). The van der Waals surface area contributed by atoms with Gasteiger partial charge in [-0.3, -0.25) is 0 Å².